The molecule has 0 amide bonds. The summed E-state index contributed by atoms with van der Waals surface area (Å²) in [4.78, 5) is 15.6. The monoisotopic (exact) mass is 267 g/mol. The lowest BCUT2D eigenvalue weighted by Crippen LogP contribution is -2.33. The summed E-state index contributed by atoms with van der Waals surface area (Å²) in [6.45, 7) is -0.403. The molecule has 1 fully saturated rings. The molecule has 8 nitrogen and oxygen atoms in total. The Bertz CT molecular complexity index is 651. The second-order valence-electron chi connectivity index (χ2n) is 4.39. The zero-order chi connectivity index (χ0) is 13.6. The van der Waals surface area contributed by atoms with E-state index in [1.807, 2.05) is 0 Å². The first-order valence-electron chi connectivity index (χ1n) is 5.80. The highest BCUT2D eigenvalue weighted by molar-refractivity contribution is 5.29. The fourth-order valence-corrected chi connectivity index (χ4v) is 2.26. The fraction of sp³-hybridized carbons (Fsp3) is 0.455. The van der Waals surface area contributed by atoms with E-state index < -0.39 is 31.1 Å². The Hall–Kier alpha value is -1.74. The molecular weight excluding hydrogens is 254 g/mol. The van der Waals surface area contributed by atoms with Crippen LogP contribution in [0.1, 0.15) is 6.23 Å². The lowest BCUT2D eigenvalue weighted by molar-refractivity contribution is -0.0516. The van der Waals surface area contributed by atoms with Crippen molar-refractivity contribution in [3.8, 4) is 0 Å². The quantitative estimate of drug-likeness (QED) is 0.587. The molecule has 0 spiro atoms. The number of imidazole rings is 1. The molecule has 2 aromatic heterocycles. The molecule has 102 valence electrons. The maximum atomic E-state index is 11.6. The first-order valence-corrected chi connectivity index (χ1v) is 5.80. The number of aliphatic hydroxyl groups is 3. The number of hydrogen-bond acceptors (Lipinski definition) is 6. The van der Waals surface area contributed by atoms with Gasteiger partial charge in [0.1, 0.15) is 18.3 Å². The van der Waals surface area contributed by atoms with Gasteiger partial charge in [0, 0.05) is 24.7 Å². The van der Waals surface area contributed by atoms with Crippen molar-refractivity contribution in [1.82, 2.24) is 14.0 Å². The zero-order valence-corrected chi connectivity index (χ0v) is 9.83. The lowest BCUT2D eigenvalue weighted by atomic mass is 10.1. The van der Waals surface area contributed by atoms with Crippen molar-refractivity contribution in [3.63, 3.8) is 0 Å². The second kappa shape index (κ2) is 4.42. The van der Waals surface area contributed by atoms with Gasteiger partial charge in [-0.25, -0.2) is 4.98 Å². The third-order valence-electron chi connectivity index (χ3n) is 3.26. The predicted molar refractivity (Wildman–Crippen MR) is 62.5 cm³/mol. The molecule has 1 saturated heterocycles. The van der Waals surface area contributed by atoms with E-state index in [9.17, 15) is 15.0 Å². The number of aliphatic hydroxyl groups excluding tert-OH is 3. The van der Waals surface area contributed by atoms with Crippen molar-refractivity contribution < 1.29 is 20.1 Å². The zero-order valence-electron chi connectivity index (χ0n) is 9.83. The predicted octanol–water partition coefficient (Wildman–Crippen LogP) is -1.89. The van der Waals surface area contributed by atoms with Gasteiger partial charge in [-0.1, -0.05) is 0 Å². The molecule has 0 aromatic carbocycles. The molecule has 3 heterocycles. The SMILES string of the molecule is O=c1ccn([C@@H]2O[C@H](CO)[C@@H](O)[C@H]2O)c2nccn12. The van der Waals surface area contributed by atoms with Gasteiger partial charge in [-0.05, 0) is 0 Å². The van der Waals surface area contributed by atoms with Crippen LogP contribution in [0, 0.1) is 0 Å². The Morgan fingerprint density at radius 1 is 1.32 bits per heavy atom. The maximum Gasteiger partial charge on any atom is 0.258 e. The summed E-state index contributed by atoms with van der Waals surface area (Å²) in [7, 11) is 0. The fourth-order valence-electron chi connectivity index (χ4n) is 2.26. The van der Waals surface area contributed by atoms with E-state index in [0.29, 0.717) is 5.78 Å². The number of ether oxygens (including phenoxy) is 1. The van der Waals surface area contributed by atoms with E-state index in [0.717, 1.165) is 0 Å². The van der Waals surface area contributed by atoms with E-state index >= 15 is 0 Å². The molecular formula is C11H13N3O5. The smallest absolute Gasteiger partial charge is 0.258 e. The van der Waals surface area contributed by atoms with Crippen molar-refractivity contribution >= 4 is 5.78 Å². The van der Waals surface area contributed by atoms with Crippen molar-refractivity contribution in [2.24, 2.45) is 0 Å². The molecule has 3 rings (SSSR count). The highest BCUT2D eigenvalue weighted by Gasteiger charge is 2.43. The summed E-state index contributed by atoms with van der Waals surface area (Å²) in [5.41, 5.74) is -0.254. The van der Waals surface area contributed by atoms with Gasteiger partial charge in [0.05, 0.1) is 6.61 Å². The van der Waals surface area contributed by atoms with E-state index in [1.54, 1.807) is 0 Å². The van der Waals surface area contributed by atoms with E-state index in [2.05, 4.69) is 4.98 Å². The minimum absolute atomic E-state index is 0.254. The van der Waals surface area contributed by atoms with Crippen LogP contribution in [0.3, 0.4) is 0 Å². The molecule has 1 aliphatic heterocycles. The Morgan fingerprint density at radius 3 is 2.79 bits per heavy atom. The molecule has 3 N–H and O–H groups in total. The normalized spacial score (nSPS) is 31.1. The molecule has 0 saturated carbocycles. The number of hydrogen-bond donors (Lipinski definition) is 3. The van der Waals surface area contributed by atoms with Crippen LogP contribution < -0.4 is 5.56 Å². The molecule has 1 aliphatic rings. The molecule has 0 unspecified atom stereocenters. The first kappa shape index (κ1) is 12.3. The Kier molecular flexibility index (Phi) is 2.86. The average molecular weight is 267 g/mol. The maximum absolute atomic E-state index is 11.6. The van der Waals surface area contributed by atoms with Crippen molar-refractivity contribution in [2.45, 2.75) is 24.5 Å². The van der Waals surface area contributed by atoms with Gasteiger partial charge in [-0.3, -0.25) is 13.8 Å². The van der Waals surface area contributed by atoms with Gasteiger partial charge in [0.15, 0.2) is 6.23 Å². The summed E-state index contributed by atoms with van der Waals surface area (Å²) in [6.07, 6.45) is 0.214. The number of rotatable bonds is 2. The van der Waals surface area contributed by atoms with Gasteiger partial charge in [-0.2, -0.15) is 0 Å². The highest BCUT2D eigenvalue weighted by Crippen LogP contribution is 2.29. The van der Waals surface area contributed by atoms with Crippen molar-refractivity contribution in [1.29, 1.82) is 0 Å². The summed E-state index contributed by atoms with van der Waals surface area (Å²) >= 11 is 0. The molecule has 0 aliphatic carbocycles. The average Bonchev–Trinajstić information content (AvgIpc) is 2.99. The van der Waals surface area contributed by atoms with Crippen LogP contribution >= 0.6 is 0 Å². The minimum atomic E-state index is -1.21. The first-order chi connectivity index (χ1) is 9.13. The van der Waals surface area contributed by atoms with Crippen LogP contribution in [0.4, 0.5) is 0 Å². The third kappa shape index (κ3) is 1.77. The van der Waals surface area contributed by atoms with Gasteiger partial charge in [-0.15, -0.1) is 0 Å². The van der Waals surface area contributed by atoms with Crippen molar-refractivity contribution in [3.05, 3.63) is 35.0 Å². The standard InChI is InChI=1S/C11H13N3O5/c15-5-6-8(17)9(18)10(19-6)14-3-1-7(16)13-4-2-12-11(13)14/h1-4,6,8-10,15,17-18H,5H2/t6-,8-,9-,10-/m1/s1. The highest BCUT2D eigenvalue weighted by atomic mass is 16.6. The topological polar surface area (TPSA) is 109 Å². The van der Waals surface area contributed by atoms with Crippen molar-refractivity contribution in [2.75, 3.05) is 6.61 Å². The van der Waals surface area contributed by atoms with Gasteiger partial charge in [0.2, 0.25) is 5.78 Å². The molecule has 4 atom stereocenters. The van der Waals surface area contributed by atoms with Crippen LogP contribution in [0.15, 0.2) is 29.5 Å². The van der Waals surface area contributed by atoms with Gasteiger partial charge >= 0.3 is 0 Å². The summed E-state index contributed by atoms with van der Waals surface area (Å²) in [5, 5.41) is 28.7. The Balaban J connectivity index is 2.08. The van der Waals surface area contributed by atoms with Gasteiger partial charge < -0.3 is 20.1 Å². The molecule has 0 bridgehead atoms. The van der Waals surface area contributed by atoms with E-state index in [-0.39, 0.29) is 5.56 Å². The van der Waals surface area contributed by atoms with Crippen LogP contribution in [0.2, 0.25) is 0 Å². The third-order valence-corrected chi connectivity index (χ3v) is 3.26. The Labute approximate surface area is 107 Å². The van der Waals surface area contributed by atoms with E-state index in [4.69, 9.17) is 9.84 Å². The Morgan fingerprint density at radius 2 is 2.11 bits per heavy atom. The summed E-state index contributed by atoms with van der Waals surface area (Å²) in [6, 6.07) is 1.31. The molecule has 2 aromatic rings. The van der Waals surface area contributed by atoms with Crippen LogP contribution in [-0.4, -0.2) is 54.2 Å². The summed E-state index contributed by atoms with van der Waals surface area (Å²) in [5.74, 6) is 0.294. The second-order valence-corrected chi connectivity index (χ2v) is 4.39. The lowest BCUT2D eigenvalue weighted by Gasteiger charge is -2.18. The van der Waals surface area contributed by atoms with Crippen LogP contribution in [-0.2, 0) is 4.74 Å². The van der Waals surface area contributed by atoms with Gasteiger partial charge in [0.25, 0.3) is 5.56 Å². The van der Waals surface area contributed by atoms with E-state index in [1.165, 1.54) is 33.6 Å². The number of nitrogens with zero attached hydrogens (tertiary/aromatic N) is 3. The minimum Gasteiger partial charge on any atom is -0.394 e. The molecule has 0 radical (unpaired) electrons. The molecule has 8 heteroatoms. The van der Waals surface area contributed by atoms with Crippen LogP contribution in [0.5, 0.6) is 0 Å². The largest absolute Gasteiger partial charge is 0.394 e. The number of fused-ring (bicyclic) bond motifs is 1. The number of aromatic nitrogens is 3. The van der Waals surface area contributed by atoms with Crippen LogP contribution in [0.25, 0.3) is 5.78 Å². The molecule has 19 heavy (non-hydrogen) atoms. The summed E-state index contributed by atoms with van der Waals surface area (Å²) < 4.78 is 8.15.